The van der Waals surface area contributed by atoms with Crippen LogP contribution in [-0.4, -0.2) is 38.1 Å². The molecule has 0 radical (unpaired) electrons. The minimum Gasteiger partial charge on any atom is -0.371 e. The van der Waals surface area contributed by atoms with Gasteiger partial charge in [-0.05, 0) is 33.0 Å². The van der Waals surface area contributed by atoms with Gasteiger partial charge in [-0.25, -0.2) is 0 Å². The second kappa shape index (κ2) is 12.6. The highest BCUT2D eigenvalue weighted by Gasteiger charge is 2.19. The van der Waals surface area contributed by atoms with Gasteiger partial charge in [-0.1, -0.05) is 41.5 Å². The van der Waals surface area contributed by atoms with Crippen LogP contribution in [0.25, 0.3) is 0 Å². The highest BCUT2D eigenvalue weighted by Crippen LogP contribution is 2.11. The molecule has 0 bridgehead atoms. The Bertz CT molecular complexity index is 430. The van der Waals surface area contributed by atoms with Gasteiger partial charge in [0.2, 0.25) is 10.9 Å². The average molecular weight is 298 g/mol. The minimum atomic E-state index is -0.326. The molecule has 0 spiro atoms. The molecule has 0 aromatic heterocycles. The lowest BCUT2D eigenvalue weighted by molar-refractivity contribution is 0.301. The molecule has 0 fully saturated rings. The Morgan fingerprint density at radius 3 is 1.71 bits per heavy atom. The fraction of sp³-hybridized carbons (Fsp3) is 0.765. The van der Waals surface area contributed by atoms with Crippen molar-refractivity contribution in [2.45, 2.75) is 54.9 Å². The summed E-state index contributed by atoms with van der Waals surface area (Å²) >= 11 is 0. The maximum atomic E-state index is 11.4. The fourth-order valence-corrected chi connectivity index (χ4v) is 2.14. The van der Waals surface area contributed by atoms with Crippen molar-refractivity contribution in [1.82, 2.24) is 4.90 Å². The summed E-state index contributed by atoms with van der Waals surface area (Å²) in [5, 5.41) is 0. The molecule has 21 heavy (non-hydrogen) atoms. The molecule has 0 aliphatic heterocycles. The van der Waals surface area contributed by atoms with Crippen LogP contribution >= 0.6 is 0 Å². The molecule has 124 valence electrons. The molecule has 1 aromatic rings. The van der Waals surface area contributed by atoms with E-state index in [4.69, 9.17) is 0 Å². The molecule has 1 rings (SSSR count). The number of rotatable bonds is 7. The summed E-state index contributed by atoms with van der Waals surface area (Å²) in [5.74, 6) is 0. The molecule has 1 aromatic carbocycles. The van der Waals surface area contributed by atoms with Crippen molar-refractivity contribution in [3.8, 4) is 0 Å². The first-order valence-corrected chi connectivity index (χ1v) is 8.26. The Morgan fingerprint density at radius 1 is 0.857 bits per heavy atom. The van der Waals surface area contributed by atoms with Crippen molar-refractivity contribution in [2.24, 2.45) is 0 Å². The molecule has 0 N–H and O–H groups in total. The van der Waals surface area contributed by atoms with Gasteiger partial charge in [0.1, 0.15) is 0 Å². The lowest BCUT2D eigenvalue weighted by Crippen LogP contribution is -2.41. The molecule has 4 heteroatoms. The Morgan fingerprint density at radius 2 is 1.33 bits per heavy atom. The summed E-state index contributed by atoms with van der Waals surface area (Å²) in [4.78, 5) is 26.7. The van der Waals surface area contributed by atoms with E-state index in [-0.39, 0.29) is 10.9 Å². The summed E-state index contributed by atoms with van der Waals surface area (Å²) in [7, 11) is 1.88. The van der Waals surface area contributed by atoms with Crippen LogP contribution in [0.5, 0.6) is 0 Å². The van der Waals surface area contributed by atoms with Crippen molar-refractivity contribution >= 4 is 5.69 Å². The maximum Gasteiger partial charge on any atom is 0.249 e. The first kappa shape index (κ1) is 22.1. The van der Waals surface area contributed by atoms with E-state index in [0.717, 1.165) is 32.6 Å². The third-order valence-corrected chi connectivity index (χ3v) is 3.36. The minimum absolute atomic E-state index is 0.324. The van der Waals surface area contributed by atoms with Crippen LogP contribution in [-0.2, 0) is 0 Å². The van der Waals surface area contributed by atoms with Crippen molar-refractivity contribution in [2.75, 3.05) is 38.1 Å². The smallest absolute Gasteiger partial charge is 0.249 e. The number of hydrogen-bond donors (Lipinski definition) is 0. The molecule has 0 heterocycles. The second-order valence-corrected chi connectivity index (χ2v) is 4.43. The van der Waals surface area contributed by atoms with E-state index in [1.165, 1.54) is 0 Å². The quantitative estimate of drug-likeness (QED) is 0.726. The van der Waals surface area contributed by atoms with Crippen molar-refractivity contribution in [3.63, 3.8) is 0 Å². The van der Waals surface area contributed by atoms with Crippen LogP contribution in [0.15, 0.2) is 9.59 Å². The zero-order valence-corrected chi connectivity index (χ0v) is 15.2. The molecule has 0 aliphatic rings. The van der Waals surface area contributed by atoms with E-state index < -0.39 is 0 Å². The topological polar surface area (TPSA) is 40.6 Å². The normalized spacial score (nSPS) is 9.76. The van der Waals surface area contributed by atoms with Crippen molar-refractivity contribution in [3.05, 3.63) is 26.0 Å². The summed E-state index contributed by atoms with van der Waals surface area (Å²) in [6.45, 7) is 18.0. The lowest BCUT2D eigenvalue weighted by atomic mass is 10.1. The standard InChI is InChI=1S/C13H22N2O2.2C2H6/c1-5-15(6-2)9-7-8-14(4)11-10(3)12(16)13(11)17;2*1-2/h5-9H2,1-4H3;2*1-2H3. The fourth-order valence-electron chi connectivity index (χ4n) is 2.14. The summed E-state index contributed by atoms with van der Waals surface area (Å²) in [6.07, 6.45) is 1.01. The van der Waals surface area contributed by atoms with E-state index >= 15 is 0 Å². The van der Waals surface area contributed by atoms with Gasteiger partial charge in [0.05, 0.1) is 5.69 Å². The first-order chi connectivity index (χ1) is 10.0. The van der Waals surface area contributed by atoms with Crippen molar-refractivity contribution in [1.29, 1.82) is 0 Å². The summed E-state index contributed by atoms with van der Waals surface area (Å²) in [5.41, 5.74) is 0.568. The van der Waals surface area contributed by atoms with Gasteiger partial charge < -0.3 is 9.80 Å². The van der Waals surface area contributed by atoms with Crippen LogP contribution in [0.2, 0.25) is 0 Å². The van der Waals surface area contributed by atoms with Gasteiger partial charge in [-0.3, -0.25) is 9.59 Å². The van der Waals surface area contributed by atoms with Gasteiger partial charge in [0, 0.05) is 19.2 Å². The SMILES string of the molecule is CC.CC.CCN(CC)CCCN(C)c1c(C)c(=O)c1=O. The third kappa shape index (κ3) is 6.42. The molecule has 4 nitrogen and oxygen atoms in total. The Kier molecular flexibility index (Phi) is 13.2. The number of nitrogens with zero attached hydrogens (tertiary/aromatic N) is 2. The molecule has 0 unspecified atom stereocenters. The largest absolute Gasteiger partial charge is 0.371 e. The van der Waals surface area contributed by atoms with Gasteiger partial charge in [-0.2, -0.15) is 0 Å². The third-order valence-electron chi connectivity index (χ3n) is 3.36. The van der Waals surface area contributed by atoms with Crippen LogP contribution in [0.4, 0.5) is 5.69 Å². The average Bonchev–Trinajstić information content (AvgIpc) is 2.55. The molecule has 0 saturated heterocycles. The van der Waals surface area contributed by atoms with E-state index in [2.05, 4.69) is 18.7 Å². The number of hydrogen-bond acceptors (Lipinski definition) is 4. The Hall–Kier alpha value is -1.16. The van der Waals surface area contributed by atoms with Crippen LogP contribution in [0, 0.1) is 6.92 Å². The number of anilines is 1. The van der Waals surface area contributed by atoms with Crippen molar-refractivity contribution < 1.29 is 0 Å². The molecule has 0 saturated carbocycles. The zero-order chi connectivity index (χ0) is 17.0. The lowest BCUT2D eigenvalue weighted by Gasteiger charge is -2.24. The van der Waals surface area contributed by atoms with Gasteiger partial charge in [0.25, 0.3) is 0 Å². The van der Waals surface area contributed by atoms with Crippen LogP contribution in [0.1, 0.15) is 53.5 Å². The predicted octanol–water partition coefficient (Wildman–Crippen LogP) is 2.81. The van der Waals surface area contributed by atoms with E-state index in [9.17, 15) is 9.59 Å². The van der Waals surface area contributed by atoms with Crippen LogP contribution < -0.4 is 15.8 Å². The summed E-state index contributed by atoms with van der Waals surface area (Å²) in [6, 6.07) is 0. The molecular weight excluding hydrogens is 264 g/mol. The first-order valence-electron chi connectivity index (χ1n) is 8.26. The highest BCUT2D eigenvalue weighted by atomic mass is 16.2. The van der Waals surface area contributed by atoms with E-state index in [1.807, 2.05) is 39.6 Å². The van der Waals surface area contributed by atoms with Gasteiger partial charge >= 0.3 is 0 Å². The monoisotopic (exact) mass is 298 g/mol. The van der Waals surface area contributed by atoms with Gasteiger partial charge in [-0.15, -0.1) is 0 Å². The van der Waals surface area contributed by atoms with E-state index in [0.29, 0.717) is 11.3 Å². The Labute approximate surface area is 130 Å². The Balaban J connectivity index is 0. The molecule has 0 atom stereocenters. The predicted molar refractivity (Wildman–Crippen MR) is 94.5 cm³/mol. The van der Waals surface area contributed by atoms with Crippen LogP contribution in [0.3, 0.4) is 0 Å². The second-order valence-electron chi connectivity index (χ2n) is 4.43. The zero-order valence-electron chi connectivity index (χ0n) is 15.2. The van der Waals surface area contributed by atoms with E-state index in [1.54, 1.807) is 6.92 Å². The van der Waals surface area contributed by atoms with Gasteiger partial charge in [0.15, 0.2) is 0 Å². The highest BCUT2D eigenvalue weighted by molar-refractivity contribution is 5.57. The molecular formula is C17H34N2O2. The maximum absolute atomic E-state index is 11.4. The molecule has 0 amide bonds. The summed E-state index contributed by atoms with van der Waals surface area (Å²) < 4.78 is 0. The molecule has 0 aliphatic carbocycles.